The molecule has 1 amide bonds. The fourth-order valence-electron chi connectivity index (χ4n) is 1.87. The van der Waals surface area contributed by atoms with Crippen LogP contribution in [0.15, 0.2) is 53.4 Å². The molecule has 0 radical (unpaired) electrons. The van der Waals surface area contributed by atoms with Gasteiger partial charge in [0.15, 0.2) is 5.78 Å². The molecule has 4 nitrogen and oxygen atoms in total. The van der Waals surface area contributed by atoms with Crippen molar-refractivity contribution in [3.8, 4) is 5.75 Å². The lowest BCUT2D eigenvalue weighted by molar-refractivity contribution is -0.114. The van der Waals surface area contributed by atoms with Crippen LogP contribution in [0.5, 0.6) is 5.75 Å². The van der Waals surface area contributed by atoms with Crippen LogP contribution in [0.4, 0.5) is 5.69 Å². The van der Waals surface area contributed by atoms with Crippen LogP contribution >= 0.6 is 11.8 Å². The van der Waals surface area contributed by atoms with Gasteiger partial charge in [0.25, 0.3) is 0 Å². The molecule has 1 N–H and O–H groups in total. The first-order valence-corrected chi connectivity index (χ1v) is 7.75. The molecule has 0 saturated carbocycles. The third-order valence-corrected chi connectivity index (χ3v) is 3.95. The molecule has 0 saturated heterocycles. The van der Waals surface area contributed by atoms with Crippen molar-refractivity contribution < 1.29 is 14.3 Å². The zero-order valence-corrected chi connectivity index (χ0v) is 13.3. The Labute approximate surface area is 133 Å². The smallest absolute Gasteiger partial charge is 0.221 e. The van der Waals surface area contributed by atoms with E-state index in [4.69, 9.17) is 4.74 Å². The standard InChI is InChI=1S/C17H17NO3S/c1-12(19)18-14-6-8-16(9-7-14)22-11-17(20)13-4-3-5-15(10-13)21-2/h3-10H,11H2,1-2H3,(H,18,19). The number of hydrogen-bond acceptors (Lipinski definition) is 4. The van der Waals surface area contributed by atoms with Gasteiger partial charge in [0.05, 0.1) is 12.9 Å². The summed E-state index contributed by atoms with van der Waals surface area (Å²) in [7, 11) is 1.58. The van der Waals surface area contributed by atoms with Gasteiger partial charge in [0.2, 0.25) is 5.91 Å². The van der Waals surface area contributed by atoms with Crippen LogP contribution in [-0.2, 0) is 4.79 Å². The summed E-state index contributed by atoms with van der Waals surface area (Å²) in [6, 6.07) is 14.5. The number of methoxy groups -OCH3 is 1. The lowest BCUT2D eigenvalue weighted by Gasteiger charge is -2.05. The number of nitrogens with one attached hydrogen (secondary N) is 1. The molecule has 5 heteroatoms. The first kappa shape index (κ1) is 16.1. The maximum absolute atomic E-state index is 12.2. The monoisotopic (exact) mass is 315 g/mol. The van der Waals surface area contributed by atoms with Gasteiger partial charge in [-0.1, -0.05) is 12.1 Å². The van der Waals surface area contributed by atoms with E-state index in [1.807, 2.05) is 30.3 Å². The van der Waals surface area contributed by atoms with Crippen LogP contribution in [0.3, 0.4) is 0 Å². The minimum atomic E-state index is -0.103. The first-order chi connectivity index (χ1) is 10.6. The van der Waals surface area contributed by atoms with Crippen molar-refractivity contribution >= 4 is 29.1 Å². The van der Waals surface area contributed by atoms with Crippen LogP contribution in [0, 0.1) is 0 Å². The van der Waals surface area contributed by atoms with Gasteiger partial charge in [0, 0.05) is 23.1 Å². The molecule has 114 valence electrons. The number of Topliss-reactive ketones (excluding diaryl/α,β-unsaturated/α-hetero) is 1. The summed E-state index contributed by atoms with van der Waals surface area (Å²) in [5.74, 6) is 0.978. The fourth-order valence-corrected chi connectivity index (χ4v) is 2.66. The second-order valence-corrected chi connectivity index (χ2v) is 5.70. The Kier molecular flexibility index (Phi) is 5.61. The number of carbonyl (C=O) groups excluding carboxylic acids is 2. The Morgan fingerprint density at radius 2 is 1.86 bits per heavy atom. The van der Waals surface area contributed by atoms with Crippen molar-refractivity contribution in [2.45, 2.75) is 11.8 Å². The van der Waals surface area contributed by atoms with Crippen molar-refractivity contribution in [1.29, 1.82) is 0 Å². The highest BCUT2D eigenvalue weighted by atomic mass is 32.2. The predicted octanol–water partition coefficient (Wildman–Crippen LogP) is 3.63. The number of rotatable bonds is 6. The van der Waals surface area contributed by atoms with Crippen LogP contribution in [0.1, 0.15) is 17.3 Å². The van der Waals surface area contributed by atoms with Crippen LogP contribution in [0.25, 0.3) is 0 Å². The molecule has 0 aromatic heterocycles. The minimum Gasteiger partial charge on any atom is -0.497 e. The number of ketones is 1. The van der Waals surface area contributed by atoms with Gasteiger partial charge in [0.1, 0.15) is 5.75 Å². The minimum absolute atomic E-state index is 0.0508. The molecule has 0 atom stereocenters. The molecule has 0 aliphatic carbocycles. The molecular formula is C17H17NO3S. The zero-order chi connectivity index (χ0) is 15.9. The highest BCUT2D eigenvalue weighted by molar-refractivity contribution is 8.00. The number of benzene rings is 2. The Bertz CT molecular complexity index is 668. The molecule has 2 rings (SSSR count). The van der Waals surface area contributed by atoms with Crippen LogP contribution < -0.4 is 10.1 Å². The van der Waals surface area contributed by atoms with E-state index in [9.17, 15) is 9.59 Å². The summed E-state index contributed by atoms with van der Waals surface area (Å²) < 4.78 is 5.12. The summed E-state index contributed by atoms with van der Waals surface area (Å²) in [4.78, 5) is 24.1. The first-order valence-electron chi connectivity index (χ1n) is 6.76. The van der Waals surface area contributed by atoms with E-state index in [0.717, 1.165) is 10.6 Å². The largest absolute Gasteiger partial charge is 0.497 e. The number of anilines is 1. The van der Waals surface area contributed by atoms with Gasteiger partial charge < -0.3 is 10.1 Å². The number of ether oxygens (including phenoxy) is 1. The molecule has 2 aromatic rings. The van der Waals surface area contributed by atoms with Gasteiger partial charge in [-0.3, -0.25) is 9.59 Å². The van der Waals surface area contributed by atoms with Crippen LogP contribution in [0.2, 0.25) is 0 Å². The molecule has 0 bridgehead atoms. The molecule has 2 aromatic carbocycles. The van der Waals surface area contributed by atoms with E-state index in [0.29, 0.717) is 17.1 Å². The average Bonchev–Trinajstić information content (AvgIpc) is 2.53. The number of carbonyl (C=O) groups is 2. The quantitative estimate of drug-likeness (QED) is 0.653. The van der Waals surface area contributed by atoms with Gasteiger partial charge >= 0.3 is 0 Å². The maximum Gasteiger partial charge on any atom is 0.221 e. The third-order valence-electron chi connectivity index (χ3n) is 2.94. The van der Waals surface area contributed by atoms with Crippen molar-refractivity contribution in [1.82, 2.24) is 0 Å². The SMILES string of the molecule is COc1cccc(C(=O)CSc2ccc(NC(C)=O)cc2)c1. The molecular weight excluding hydrogens is 298 g/mol. The van der Waals surface area contributed by atoms with E-state index in [1.165, 1.54) is 18.7 Å². The van der Waals surface area contributed by atoms with Gasteiger partial charge in [-0.15, -0.1) is 11.8 Å². The van der Waals surface area contributed by atoms with E-state index in [1.54, 1.807) is 25.3 Å². The Balaban J connectivity index is 1.94. The number of hydrogen-bond donors (Lipinski definition) is 1. The lowest BCUT2D eigenvalue weighted by atomic mass is 10.1. The summed E-state index contributed by atoms with van der Waals surface area (Å²) in [6.45, 7) is 1.47. The average molecular weight is 315 g/mol. The Morgan fingerprint density at radius 1 is 1.14 bits per heavy atom. The lowest BCUT2D eigenvalue weighted by Crippen LogP contribution is -2.05. The second kappa shape index (κ2) is 7.66. The van der Waals surface area contributed by atoms with Gasteiger partial charge in [-0.2, -0.15) is 0 Å². The van der Waals surface area contributed by atoms with E-state index >= 15 is 0 Å². The molecule has 0 aliphatic heterocycles. The molecule has 0 unspecified atom stereocenters. The van der Waals surface area contributed by atoms with Gasteiger partial charge in [-0.05, 0) is 36.4 Å². The van der Waals surface area contributed by atoms with Crippen molar-refractivity contribution in [2.75, 3.05) is 18.2 Å². The van der Waals surface area contributed by atoms with E-state index in [-0.39, 0.29) is 11.7 Å². The molecule has 0 spiro atoms. The molecule has 0 aliphatic rings. The predicted molar refractivity (Wildman–Crippen MR) is 88.8 cm³/mol. The van der Waals surface area contributed by atoms with Crippen molar-refractivity contribution in [2.24, 2.45) is 0 Å². The fraction of sp³-hybridized carbons (Fsp3) is 0.176. The van der Waals surface area contributed by atoms with Gasteiger partial charge in [-0.25, -0.2) is 0 Å². The van der Waals surface area contributed by atoms with Crippen LogP contribution in [-0.4, -0.2) is 24.6 Å². The summed E-state index contributed by atoms with van der Waals surface area (Å²) in [5.41, 5.74) is 1.39. The maximum atomic E-state index is 12.2. The number of thioether (sulfide) groups is 1. The van der Waals surface area contributed by atoms with E-state index < -0.39 is 0 Å². The zero-order valence-electron chi connectivity index (χ0n) is 12.5. The normalized spacial score (nSPS) is 10.1. The Hall–Kier alpha value is -2.27. The van der Waals surface area contributed by atoms with Crippen molar-refractivity contribution in [3.05, 3.63) is 54.1 Å². The summed E-state index contributed by atoms with van der Waals surface area (Å²) >= 11 is 1.46. The molecule has 0 heterocycles. The second-order valence-electron chi connectivity index (χ2n) is 4.65. The molecule has 22 heavy (non-hydrogen) atoms. The van der Waals surface area contributed by atoms with E-state index in [2.05, 4.69) is 5.32 Å². The summed E-state index contributed by atoms with van der Waals surface area (Å²) in [5, 5.41) is 2.71. The van der Waals surface area contributed by atoms with Crippen molar-refractivity contribution in [3.63, 3.8) is 0 Å². The third kappa shape index (κ3) is 4.63. The highest BCUT2D eigenvalue weighted by Gasteiger charge is 2.08. The highest BCUT2D eigenvalue weighted by Crippen LogP contribution is 2.22. The molecule has 0 fully saturated rings. The topological polar surface area (TPSA) is 55.4 Å². The summed E-state index contributed by atoms with van der Waals surface area (Å²) in [6.07, 6.45) is 0. The number of amides is 1. The Morgan fingerprint density at radius 3 is 2.50 bits per heavy atom.